The molecule has 1 atom stereocenters. The van der Waals surface area contributed by atoms with Crippen molar-refractivity contribution in [3.05, 3.63) is 75.8 Å². The van der Waals surface area contributed by atoms with Gasteiger partial charge in [0.2, 0.25) is 5.75 Å². The minimum atomic E-state index is -0.701. The number of benzene rings is 2. The van der Waals surface area contributed by atoms with Crippen LogP contribution in [0.3, 0.4) is 0 Å². The molecule has 2 N–H and O–H groups in total. The highest BCUT2D eigenvalue weighted by Crippen LogP contribution is 2.41. The molecule has 4 aromatic rings. The van der Waals surface area contributed by atoms with Gasteiger partial charge in [0.05, 0.1) is 29.9 Å². The number of fused-ring (bicyclic) bond motifs is 1. The second-order valence-corrected chi connectivity index (χ2v) is 9.25. The van der Waals surface area contributed by atoms with Crippen molar-refractivity contribution in [2.24, 2.45) is 0 Å². The summed E-state index contributed by atoms with van der Waals surface area (Å²) in [5.41, 5.74) is 9.97. The Balaban J connectivity index is 1.43. The van der Waals surface area contributed by atoms with Gasteiger partial charge in [-0.15, -0.1) is 0 Å². The number of pyridine rings is 1. The van der Waals surface area contributed by atoms with Crippen molar-refractivity contribution in [2.75, 3.05) is 32.0 Å². The second kappa shape index (κ2) is 10.0. The molecule has 1 aliphatic heterocycles. The van der Waals surface area contributed by atoms with Crippen LogP contribution in [-0.4, -0.2) is 36.2 Å². The molecule has 0 aliphatic carbocycles. The molecule has 3 heterocycles. The Morgan fingerprint density at radius 3 is 2.63 bits per heavy atom. The molecule has 0 amide bonds. The van der Waals surface area contributed by atoms with Gasteiger partial charge >= 0.3 is 0 Å². The van der Waals surface area contributed by atoms with Crippen molar-refractivity contribution >= 4 is 40.0 Å². The number of anilines is 1. The summed E-state index contributed by atoms with van der Waals surface area (Å²) in [5.74, 6) is -0.181. The van der Waals surface area contributed by atoms with E-state index in [9.17, 15) is 4.39 Å². The maximum absolute atomic E-state index is 14.0. The lowest BCUT2D eigenvalue weighted by Crippen LogP contribution is -2.35. The molecule has 1 fully saturated rings. The molecule has 0 radical (unpaired) electrons. The lowest BCUT2D eigenvalue weighted by molar-refractivity contribution is 0.0342. The fourth-order valence-electron chi connectivity index (χ4n) is 4.28. The molecule has 1 saturated heterocycles. The molecule has 35 heavy (non-hydrogen) atoms. The average molecular weight is 516 g/mol. The van der Waals surface area contributed by atoms with Crippen LogP contribution in [0.2, 0.25) is 10.0 Å². The fraction of sp³-hybridized carbons (Fsp3) is 0.269. The first kappa shape index (κ1) is 23.9. The SMILES string of the molecule is C[C@@H](Oc1c(N)ncc2c(-c3ccc(CN4CCOCC4)cc3)coc12)c1c(Cl)ccc(F)c1Cl. The summed E-state index contributed by atoms with van der Waals surface area (Å²) in [5, 5.41) is 0.944. The molecule has 2 aromatic heterocycles. The predicted molar refractivity (Wildman–Crippen MR) is 135 cm³/mol. The third-order valence-electron chi connectivity index (χ3n) is 6.16. The van der Waals surface area contributed by atoms with Crippen LogP contribution in [0, 0.1) is 5.82 Å². The van der Waals surface area contributed by atoms with Crippen LogP contribution in [-0.2, 0) is 11.3 Å². The molecule has 6 nitrogen and oxygen atoms in total. The number of rotatable bonds is 6. The number of hydrogen-bond donors (Lipinski definition) is 1. The summed E-state index contributed by atoms with van der Waals surface area (Å²) in [7, 11) is 0. The summed E-state index contributed by atoms with van der Waals surface area (Å²) in [6, 6.07) is 11.0. The van der Waals surface area contributed by atoms with Crippen LogP contribution in [0.25, 0.3) is 22.1 Å². The van der Waals surface area contributed by atoms with E-state index in [1.807, 2.05) is 0 Å². The molecule has 5 rings (SSSR count). The zero-order chi connectivity index (χ0) is 24.5. The highest BCUT2D eigenvalue weighted by atomic mass is 35.5. The van der Waals surface area contributed by atoms with Gasteiger partial charge in [0.25, 0.3) is 0 Å². The van der Waals surface area contributed by atoms with Crippen molar-refractivity contribution in [1.82, 2.24) is 9.88 Å². The Kier molecular flexibility index (Phi) is 6.84. The van der Waals surface area contributed by atoms with E-state index >= 15 is 0 Å². The molecule has 182 valence electrons. The van der Waals surface area contributed by atoms with Crippen LogP contribution >= 0.6 is 23.2 Å². The summed E-state index contributed by atoms with van der Waals surface area (Å²) < 4.78 is 31.4. The lowest BCUT2D eigenvalue weighted by Gasteiger charge is -2.26. The van der Waals surface area contributed by atoms with Crippen LogP contribution in [0.5, 0.6) is 5.75 Å². The first-order chi connectivity index (χ1) is 16.9. The number of hydrogen-bond acceptors (Lipinski definition) is 6. The Labute approximate surface area is 212 Å². The van der Waals surface area contributed by atoms with Crippen molar-refractivity contribution in [1.29, 1.82) is 0 Å². The number of nitrogens with zero attached hydrogens (tertiary/aromatic N) is 2. The van der Waals surface area contributed by atoms with Crippen LogP contribution in [0.1, 0.15) is 24.2 Å². The number of morpholine rings is 1. The maximum atomic E-state index is 14.0. The van der Waals surface area contributed by atoms with Crippen LogP contribution < -0.4 is 10.5 Å². The summed E-state index contributed by atoms with van der Waals surface area (Å²) in [6.45, 7) is 6.02. The summed E-state index contributed by atoms with van der Waals surface area (Å²) >= 11 is 12.4. The van der Waals surface area contributed by atoms with Crippen molar-refractivity contribution in [2.45, 2.75) is 19.6 Å². The molecule has 0 saturated carbocycles. The van der Waals surface area contributed by atoms with Gasteiger partial charge in [-0.3, -0.25) is 4.90 Å². The molecular formula is C26H24Cl2FN3O3. The number of halogens is 3. The molecule has 9 heteroatoms. The van der Waals surface area contributed by atoms with Gasteiger partial charge in [0.15, 0.2) is 11.4 Å². The fourth-order valence-corrected chi connectivity index (χ4v) is 4.95. The lowest BCUT2D eigenvalue weighted by atomic mass is 10.0. The van der Waals surface area contributed by atoms with Crippen LogP contribution in [0.4, 0.5) is 10.2 Å². The highest BCUT2D eigenvalue weighted by molar-refractivity contribution is 6.36. The molecule has 0 bridgehead atoms. The van der Waals surface area contributed by atoms with Gasteiger partial charge in [-0.05, 0) is 30.2 Å². The van der Waals surface area contributed by atoms with E-state index in [2.05, 4.69) is 34.1 Å². The quantitative estimate of drug-likeness (QED) is 0.295. The minimum absolute atomic E-state index is 0.0963. The molecule has 0 spiro atoms. The number of aromatic nitrogens is 1. The largest absolute Gasteiger partial charge is 0.478 e. The molecule has 2 aromatic carbocycles. The van der Waals surface area contributed by atoms with E-state index in [0.29, 0.717) is 16.2 Å². The Bertz CT molecular complexity index is 1350. The summed E-state index contributed by atoms with van der Waals surface area (Å²) in [4.78, 5) is 6.68. The van der Waals surface area contributed by atoms with Gasteiger partial charge in [-0.2, -0.15) is 0 Å². The zero-order valence-electron chi connectivity index (χ0n) is 19.1. The minimum Gasteiger partial charge on any atom is -0.478 e. The smallest absolute Gasteiger partial charge is 0.205 e. The van der Waals surface area contributed by atoms with E-state index in [1.165, 1.54) is 17.7 Å². The number of nitrogen functional groups attached to an aromatic ring is 1. The van der Waals surface area contributed by atoms with E-state index in [4.69, 9.17) is 42.8 Å². The normalized spacial score (nSPS) is 15.4. The van der Waals surface area contributed by atoms with Crippen molar-refractivity contribution in [3.63, 3.8) is 0 Å². The Hall–Kier alpha value is -2.84. The van der Waals surface area contributed by atoms with Gasteiger partial charge in [0, 0.05) is 42.0 Å². The first-order valence-corrected chi connectivity index (χ1v) is 12.0. The number of ether oxygens (including phenoxy) is 2. The first-order valence-electron chi connectivity index (χ1n) is 11.3. The second-order valence-electron chi connectivity index (χ2n) is 8.47. The van der Waals surface area contributed by atoms with Crippen LogP contribution in [0.15, 0.2) is 53.3 Å². The van der Waals surface area contributed by atoms with Gasteiger partial charge < -0.3 is 19.6 Å². The molecular weight excluding hydrogens is 492 g/mol. The maximum Gasteiger partial charge on any atom is 0.205 e. The molecule has 1 aliphatic rings. The van der Waals surface area contributed by atoms with Crippen molar-refractivity contribution < 1.29 is 18.3 Å². The van der Waals surface area contributed by atoms with E-state index < -0.39 is 11.9 Å². The highest BCUT2D eigenvalue weighted by Gasteiger charge is 2.23. The predicted octanol–water partition coefficient (Wildman–Crippen LogP) is 6.50. The zero-order valence-corrected chi connectivity index (χ0v) is 20.6. The topological polar surface area (TPSA) is 73.8 Å². The number of furan rings is 1. The third-order valence-corrected chi connectivity index (χ3v) is 6.87. The van der Waals surface area contributed by atoms with Gasteiger partial charge in [-0.1, -0.05) is 47.5 Å². The third kappa shape index (κ3) is 4.82. The standard InChI is InChI=1S/C26H24Cl2FN3O3/c1-15(22-20(27)6-7-21(29)23(22)28)35-25-24-18(12-31-26(25)30)19(14-34-24)17-4-2-16(3-5-17)13-32-8-10-33-11-9-32/h2-7,12,14-15H,8-11,13H2,1H3,(H2,30,31)/t15-/m1/s1. The van der Waals surface area contributed by atoms with Gasteiger partial charge in [-0.25, -0.2) is 9.37 Å². The Morgan fingerprint density at radius 1 is 1.14 bits per heavy atom. The van der Waals surface area contributed by atoms with E-state index in [0.717, 1.165) is 49.4 Å². The summed E-state index contributed by atoms with van der Waals surface area (Å²) in [6.07, 6.45) is 2.61. The Morgan fingerprint density at radius 2 is 1.89 bits per heavy atom. The van der Waals surface area contributed by atoms with Gasteiger partial charge in [0.1, 0.15) is 11.9 Å². The van der Waals surface area contributed by atoms with E-state index in [-0.39, 0.29) is 16.6 Å². The number of nitrogens with two attached hydrogens (primary N) is 1. The average Bonchev–Trinajstić information content (AvgIpc) is 3.29. The molecule has 0 unspecified atom stereocenters. The monoisotopic (exact) mass is 515 g/mol. The van der Waals surface area contributed by atoms with Crippen molar-refractivity contribution in [3.8, 4) is 16.9 Å². The van der Waals surface area contributed by atoms with E-state index in [1.54, 1.807) is 19.4 Å².